The Bertz CT molecular complexity index is 992. The van der Waals surface area contributed by atoms with Crippen LogP contribution in [0.5, 0.6) is 5.75 Å². The maximum Gasteiger partial charge on any atom is 0.233 e. The number of piperidine rings is 1. The molecule has 0 N–H and O–H groups in total. The van der Waals surface area contributed by atoms with Gasteiger partial charge >= 0.3 is 0 Å². The van der Waals surface area contributed by atoms with E-state index in [1.54, 1.807) is 7.11 Å². The molecular formula is C20H24N4O2S. The Kier molecular flexibility index (Phi) is 4.95. The highest BCUT2D eigenvalue weighted by Gasteiger charge is 2.21. The number of rotatable bonds is 4. The number of ether oxygens (including phenoxy) is 1. The fourth-order valence-corrected chi connectivity index (χ4v) is 4.42. The largest absolute Gasteiger partial charge is 0.497 e. The Balaban J connectivity index is 1.63. The number of carbonyl (C=O) groups excluding carboxylic acids is 1. The number of fused-ring (bicyclic) bond motifs is 3. The number of pyridine rings is 1. The second kappa shape index (κ2) is 7.38. The third-order valence-corrected chi connectivity index (χ3v) is 6.21. The topological polar surface area (TPSA) is 59.7 Å². The molecule has 0 bridgehead atoms. The first-order chi connectivity index (χ1) is 13.1. The van der Waals surface area contributed by atoms with Crippen molar-refractivity contribution in [1.29, 1.82) is 0 Å². The Labute approximate surface area is 162 Å². The van der Waals surface area contributed by atoms with Crippen molar-refractivity contribution >= 4 is 34.2 Å². The average Bonchev–Trinajstić information content (AvgIpc) is 3.11. The van der Waals surface area contributed by atoms with Gasteiger partial charge in [-0.3, -0.25) is 9.20 Å². The highest BCUT2D eigenvalue weighted by molar-refractivity contribution is 7.99. The summed E-state index contributed by atoms with van der Waals surface area (Å²) in [5.74, 6) is 2.06. The van der Waals surface area contributed by atoms with E-state index >= 15 is 0 Å². The zero-order valence-electron chi connectivity index (χ0n) is 15.9. The summed E-state index contributed by atoms with van der Waals surface area (Å²) in [6, 6.07) is 8.08. The van der Waals surface area contributed by atoms with E-state index in [-0.39, 0.29) is 5.91 Å². The third kappa shape index (κ3) is 3.48. The molecule has 3 aromatic rings. The average molecular weight is 385 g/mol. The van der Waals surface area contributed by atoms with Gasteiger partial charge in [0, 0.05) is 19.2 Å². The molecular weight excluding hydrogens is 360 g/mol. The molecule has 27 heavy (non-hydrogen) atoms. The number of carbonyl (C=O) groups is 1. The van der Waals surface area contributed by atoms with Gasteiger partial charge in [0.15, 0.2) is 10.8 Å². The van der Waals surface area contributed by atoms with E-state index < -0.39 is 0 Å². The lowest BCUT2D eigenvalue weighted by molar-refractivity contribution is -0.129. The zero-order valence-corrected chi connectivity index (χ0v) is 16.8. The van der Waals surface area contributed by atoms with Crippen molar-refractivity contribution in [3.8, 4) is 5.75 Å². The summed E-state index contributed by atoms with van der Waals surface area (Å²) in [5, 5.41) is 10.5. The molecule has 7 heteroatoms. The molecule has 1 fully saturated rings. The lowest BCUT2D eigenvalue weighted by Crippen LogP contribution is -2.38. The molecule has 1 aliphatic rings. The summed E-state index contributed by atoms with van der Waals surface area (Å²) >= 11 is 1.45. The van der Waals surface area contributed by atoms with Gasteiger partial charge in [-0.15, -0.1) is 10.2 Å². The molecule has 6 nitrogen and oxygen atoms in total. The van der Waals surface area contributed by atoms with E-state index in [1.165, 1.54) is 11.8 Å². The van der Waals surface area contributed by atoms with Gasteiger partial charge in [0.05, 0.1) is 18.4 Å². The van der Waals surface area contributed by atoms with Crippen molar-refractivity contribution in [3.63, 3.8) is 0 Å². The monoisotopic (exact) mass is 384 g/mol. The fourth-order valence-electron chi connectivity index (χ4n) is 3.58. The molecule has 0 aliphatic carbocycles. The molecule has 142 valence electrons. The first kappa shape index (κ1) is 18.1. The van der Waals surface area contributed by atoms with Crippen LogP contribution in [0.15, 0.2) is 29.4 Å². The summed E-state index contributed by atoms with van der Waals surface area (Å²) in [6.07, 6.45) is 2.18. The van der Waals surface area contributed by atoms with E-state index in [0.29, 0.717) is 11.7 Å². The van der Waals surface area contributed by atoms with E-state index in [1.807, 2.05) is 34.4 Å². The molecule has 0 atom stereocenters. The zero-order chi connectivity index (χ0) is 19.0. The summed E-state index contributed by atoms with van der Waals surface area (Å²) in [4.78, 5) is 14.6. The van der Waals surface area contributed by atoms with Crippen molar-refractivity contribution in [1.82, 2.24) is 19.5 Å². The van der Waals surface area contributed by atoms with E-state index in [2.05, 4.69) is 23.2 Å². The van der Waals surface area contributed by atoms with E-state index in [4.69, 9.17) is 4.74 Å². The van der Waals surface area contributed by atoms with Crippen molar-refractivity contribution in [2.24, 2.45) is 5.92 Å². The number of hydrogen-bond donors (Lipinski definition) is 0. The highest BCUT2D eigenvalue weighted by atomic mass is 32.2. The quantitative estimate of drug-likeness (QED) is 0.644. The second-order valence-electron chi connectivity index (χ2n) is 7.25. The van der Waals surface area contributed by atoms with Crippen LogP contribution in [0.25, 0.3) is 16.6 Å². The number of aromatic nitrogens is 3. The SMILES string of the molecule is COc1ccc2cc(C)c3nnc(SCC(=O)N4CCC(C)CC4)n3c2c1. The Morgan fingerprint density at radius 3 is 2.78 bits per heavy atom. The van der Waals surface area contributed by atoms with Crippen LogP contribution in [0.4, 0.5) is 0 Å². The molecule has 0 radical (unpaired) electrons. The van der Waals surface area contributed by atoms with Crippen molar-refractivity contribution in [2.45, 2.75) is 31.8 Å². The number of thioether (sulfide) groups is 1. The number of nitrogens with zero attached hydrogens (tertiary/aromatic N) is 4. The van der Waals surface area contributed by atoms with Crippen molar-refractivity contribution in [3.05, 3.63) is 29.8 Å². The maximum atomic E-state index is 12.6. The minimum absolute atomic E-state index is 0.179. The van der Waals surface area contributed by atoms with Crippen LogP contribution in [0.2, 0.25) is 0 Å². The first-order valence-corrected chi connectivity index (χ1v) is 10.3. The van der Waals surface area contributed by atoms with Gasteiger partial charge in [0.1, 0.15) is 5.75 Å². The second-order valence-corrected chi connectivity index (χ2v) is 8.19. The van der Waals surface area contributed by atoms with Gasteiger partial charge in [0.25, 0.3) is 0 Å². The standard InChI is InChI=1S/C20H24N4O2S/c1-13-6-8-23(9-7-13)18(25)12-27-20-22-21-19-14(2)10-15-4-5-16(26-3)11-17(15)24(19)20/h4-5,10-11,13H,6-9,12H2,1-3H3. The van der Waals surface area contributed by atoms with Gasteiger partial charge < -0.3 is 9.64 Å². The van der Waals surface area contributed by atoms with Gasteiger partial charge in [-0.2, -0.15) is 0 Å². The molecule has 4 rings (SSSR count). The lowest BCUT2D eigenvalue weighted by Gasteiger charge is -2.30. The van der Waals surface area contributed by atoms with Gasteiger partial charge in [-0.1, -0.05) is 18.7 Å². The molecule has 0 saturated carbocycles. The van der Waals surface area contributed by atoms with Crippen LogP contribution in [0.1, 0.15) is 25.3 Å². The molecule has 1 saturated heterocycles. The third-order valence-electron chi connectivity index (χ3n) is 5.30. The van der Waals surface area contributed by atoms with Crippen molar-refractivity contribution in [2.75, 3.05) is 26.0 Å². The van der Waals surface area contributed by atoms with Gasteiger partial charge in [0.2, 0.25) is 5.91 Å². The molecule has 1 amide bonds. The van der Waals surface area contributed by atoms with Crippen LogP contribution in [0, 0.1) is 12.8 Å². The summed E-state index contributed by atoms with van der Waals surface area (Å²) < 4.78 is 7.41. The van der Waals surface area contributed by atoms with Gasteiger partial charge in [-0.25, -0.2) is 0 Å². The number of aryl methyl sites for hydroxylation is 1. The van der Waals surface area contributed by atoms with Crippen LogP contribution in [-0.4, -0.2) is 51.4 Å². The number of amides is 1. The predicted octanol–water partition coefficient (Wildman–Crippen LogP) is 3.55. The minimum atomic E-state index is 0.179. The van der Waals surface area contributed by atoms with E-state index in [9.17, 15) is 4.79 Å². The molecule has 3 heterocycles. The summed E-state index contributed by atoms with van der Waals surface area (Å²) in [7, 11) is 1.66. The Hall–Kier alpha value is -2.28. The Morgan fingerprint density at radius 1 is 1.26 bits per heavy atom. The van der Waals surface area contributed by atoms with Crippen LogP contribution in [0.3, 0.4) is 0 Å². The summed E-state index contributed by atoms with van der Waals surface area (Å²) in [6.45, 7) is 6.00. The summed E-state index contributed by atoms with van der Waals surface area (Å²) in [5.41, 5.74) is 2.86. The normalized spacial score (nSPS) is 15.6. The number of benzene rings is 1. The smallest absolute Gasteiger partial charge is 0.233 e. The minimum Gasteiger partial charge on any atom is -0.497 e. The molecule has 2 aromatic heterocycles. The van der Waals surface area contributed by atoms with E-state index in [0.717, 1.165) is 59.0 Å². The first-order valence-electron chi connectivity index (χ1n) is 9.30. The number of methoxy groups -OCH3 is 1. The molecule has 1 aliphatic heterocycles. The number of likely N-dealkylation sites (tertiary alicyclic amines) is 1. The number of hydrogen-bond acceptors (Lipinski definition) is 5. The van der Waals surface area contributed by atoms with Gasteiger partial charge in [-0.05, 0) is 54.8 Å². The molecule has 1 aromatic carbocycles. The highest BCUT2D eigenvalue weighted by Crippen LogP contribution is 2.28. The van der Waals surface area contributed by atoms with Crippen molar-refractivity contribution < 1.29 is 9.53 Å². The predicted molar refractivity (Wildman–Crippen MR) is 107 cm³/mol. The lowest BCUT2D eigenvalue weighted by atomic mass is 9.99. The molecule has 0 unspecified atom stereocenters. The van der Waals surface area contributed by atoms with Crippen LogP contribution in [-0.2, 0) is 4.79 Å². The fraction of sp³-hybridized carbons (Fsp3) is 0.450. The molecule has 0 spiro atoms. The Morgan fingerprint density at radius 2 is 2.04 bits per heavy atom. The van der Waals surface area contributed by atoms with Crippen LogP contribution < -0.4 is 4.74 Å². The maximum absolute atomic E-state index is 12.6. The van der Waals surface area contributed by atoms with Crippen LogP contribution >= 0.6 is 11.8 Å².